The minimum absolute atomic E-state index is 0.00761. The summed E-state index contributed by atoms with van der Waals surface area (Å²) in [6.45, 7) is 5.45. The molecule has 0 atom stereocenters. The van der Waals surface area contributed by atoms with Gasteiger partial charge in [0.15, 0.2) is 0 Å². The Labute approximate surface area is 117 Å². The van der Waals surface area contributed by atoms with E-state index in [1.54, 1.807) is 0 Å². The zero-order valence-electron chi connectivity index (χ0n) is 11.1. The molecule has 0 radical (unpaired) electrons. The molecule has 0 aliphatic heterocycles. The number of carbonyl (C=O) groups is 1. The summed E-state index contributed by atoms with van der Waals surface area (Å²) in [4.78, 5) is 11.7. The first kappa shape index (κ1) is 15.2. The number of rotatable bonds is 7. The van der Waals surface area contributed by atoms with E-state index in [1.165, 1.54) is 12.8 Å². The summed E-state index contributed by atoms with van der Waals surface area (Å²) in [5, 5.41) is 6.02. The van der Waals surface area contributed by atoms with Gasteiger partial charge >= 0.3 is 0 Å². The maximum atomic E-state index is 11.7. The number of hydrogen-bond acceptors (Lipinski definition) is 2. The predicted octanol–water partition coefficient (Wildman–Crippen LogP) is 3.48. The highest BCUT2D eigenvalue weighted by atomic mass is 79.9. The fourth-order valence-electron chi connectivity index (χ4n) is 1.63. The Bertz CT molecular complexity index is 393. The highest BCUT2D eigenvalue weighted by Gasteiger charge is 2.02. The van der Waals surface area contributed by atoms with Crippen LogP contribution in [0.5, 0.6) is 0 Å². The van der Waals surface area contributed by atoms with Crippen LogP contribution in [0.15, 0.2) is 22.7 Å². The molecule has 1 aromatic rings. The quantitative estimate of drug-likeness (QED) is 0.757. The van der Waals surface area contributed by atoms with E-state index in [2.05, 4.69) is 33.5 Å². The summed E-state index contributed by atoms with van der Waals surface area (Å²) in [5.74, 6) is 0.00761. The molecule has 1 aromatic carbocycles. The van der Waals surface area contributed by atoms with E-state index in [1.807, 2.05) is 25.1 Å². The van der Waals surface area contributed by atoms with Crippen molar-refractivity contribution < 1.29 is 4.79 Å². The second-order valence-corrected chi connectivity index (χ2v) is 5.25. The van der Waals surface area contributed by atoms with Crippen LogP contribution >= 0.6 is 15.9 Å². The summed E-state index contributed by atoms with van der Waals surface area (Å²) < 4.78 is 1.05. The van der Waals surface area contributed by atoms with E-state index >= 15 is 0 Å². The Hall–Kier alpha value is -0.870. The van der Waals surface area contributed by atoms with Crippen molar-refractivity contribution in [2.75, 3.05) is 18.4 Å². The Kier molecular flexibility index (Phi) is 6.98. The minimum atomic E-state index is 0.00761. The molecule has 0 aliphatic rings. The third kappa shape index (κ3) is 5.65. The molecular weight excluding hydrogens is 292 g/mol. The van der Waals surface area contributed by atoms with Crippen molar-refractivity contribution in [3.05, 3.63) is 28.2 Å². The number of anilines is 1. The first-order valence-corrected chi connectivity index (χ1v) is 7.19. The van der Waals surface area contributed by atoms with Gasteiger partial charge < -0.3 is 10.6 Å². The molecule has 1 rings (SSSR count). The van der Waals surface area contributed by atoms with Gasteiger partial charge in [-0.1, -0.05) is 35.7 Å². The van der Waals surface area contributed by atoms with Crippen LogP contribution in [0.1, 0.15) is 31.7 Å². The van der Waals surface area contributed by atoms with E-state index in [9.17, 15) is 4.79 Å². The highest BCUT2D eigenvalue weighted by Crippen LogP contribution is 2.19. The second kappa shape index (κ2) is 8.27. The molecule has 4 heteroatoms. The summed E-state index contributed by atoms with van der Waals surface area (Å²) in [6.07, 6.45) is 3.54. The number of hydrogen-bond donors (Lipinski definition) is 2. The maximum Gasteiger partial charge on any atom is 0.238 e. The number of amides is 1. The highest BCUT2D eigenvalue weighted by molar-refractivity contribution is 9.10. The van der Waals surface area contributed by atoms with Gasteiger partial charge in [-0.05, 0) is 43.7 Å². The average molecular weight is 313 g/mol. The Morgan fingerprint density at radius 2 is 2.11 bits per heavy atom. The van der Waals surface area contributed by atoms with Crippen molar-refractivity contribution in [3.63, 3.8) is 0 Å². The first-order chi connectivity index (χ1) is 8.63. The van der Waals surface area contributed by atoms with Gasteiger partial charge in [0, 0.05) is 10.2 Å². The number of nitrogens with one attached hydrogen (secondary N) is 2. The van der Waals surface area contributed by atoms with Crippen LogP contribution in [-0.4, -0.2) is 19.0 Å². The van der Waals surface area contributed by atoms with Crippen molar-refractivity contribution in [1.82, 2.24) is 5.32 Å². The molecule has 100 valence electrons. The number of aryl methyl sites for hydroxylation is 1. The maximum absolute atomic E-state index is 11.7. The van der Waals surface area contributed by atoms with Gasteiger partial charge in [-0.3, -0.25) is 4.79 Å². The second-order valence-electron chi connectivity index (χ2n) is 4.40. The minimum Gasteiger partial charge on any atom is -0.325 e. The lowest BCUT2D eigenvalue weighted by atomic mass is 10.2. The molecule has 0 spiro atoms. The smallest absolute Gasteiger partial charge is 0.238 e. The van der Waals surface area contributed by atoms with Crippen molar-refractivity contribution in [2.24, 2.45) is 0 Å². The normalized spacial score (nSPS) is 10.4. The summed E-state index contributed by atoms with van der Waals surface area (Å²) in [6, 6.07) is 5.80. The fourth-order valence-corrected chi connectivity index (χ4v) is 1.88. The first-order valence-electron chi connectivity index (χ1n) is 6.40. The molecule has 3 nitrogen and oxygen atoms in total. The number of benzene rings is 1. The third-order valence-electron chi connectivity index (χ3n) is 2.68. The van der Waals surface area contributed by atoms with Gasteiger partial charge in [-0.2, -0.15) is 0 Å². The molecule has 0 bridgehead atoms. The molecule has 1 amide bonds. The lowest BCUT2D eigenvalue weighted by Crippen LogP contribution is -2.28. The molecule has 0 fully saturated rings. The molecule has 0 unspecified atom stereocenters. The van der Waals surface area contributed by atoms with E-state index in [4.69, 9.17) is 0 Å². The molecule has 0 aliphatic carbocycles. The van der Waals surface area contributed by atoms with Crippen LogP contribution in [0, 0.1) is 6.92 Å². The number of unbranched alkanes of at least 4 members (excludes halogenated alkanes) is 2. The van der Waals surface area contributed by atoms with Crippen molar-refractivity contribution in [1.29, 1.82) is 0 Å². The van der Waals surface area contributed by atoms with Gasteiger partial charge in [-0.15, -0.1) is 0 Å². The zero-order chi connectivity index (χ0) is 13.4. The van der Waals surface area contributed by atoms with Crippen molar-refractivity contribution >= 4 is 27.5 Å². The molecule has 0 aromatic heterocycles. The van der Waals surface area contributed by atoms with E-state index in [-0.39, 0.29) is 5.91 Å². The van der Waals surface area contributed by atoms with Crippen LogP contribution < -0.4 is 10.6 Å². The molecule has 18 heavy (non-hydrogen) atoms. The van der Waals surface area contributed by atoms with Crippen molar-refractivity contribution in [3.8, 4) is 0 Å². The van der Waals surface area contributed by atoms with E-state index in [0.717, 1.165) is 28.7 Å². The van der Waals surface area contributed by atoms with Crippen molar-refractivity contribution in [2.45, 2.75) is 33.1 Å². The van der Waals surface area contributed by atoms with Gasteiger partial charge in [0.25, 0.3) is 0 Å². The van der Waals surface area contributed by atoms with Crippen LogP contribution in [0.4, 0.5) is 5.69 Å². The standard InChI is InChI=1S/C14H21BrN2O/c1-3-4-5-8-16-10-14(18)17-12-6-7-13(15)11(2)9-12/h6-7,9,16H,3-5,8,10H2,1-2H3,(H,17,18). The average Bonchev–Trinajstić information content (AvgIpc) is 2.34. The summed E-state index contributed by atoms with van der Waals surface area (Å²) >= 11 is 3.44. The van der Waals surface area contributed by atoms with E-state index in [0.29, 0.717) is 6.54 Å². The number of halogens is 1. The molecule has 0 saturated carbocycles. The molecule has 0 heterocycles. The largest absolute Gasteiger partial charge is 0.325 e. The van der Waals surface area contributed by atoms with Gasteiger partial charge in [0.2, 0.25) is 5.91 Å². The molecular formula is C14H21BrN2O. The zero-order valence-corrected chi connectivity index (χ0v) is 12.6. The molecule has 2 N–H and O–H groups in total. The monoisotopic (exact) mass is 312 g/mol. The fraction of sp³-hybridized carbons (Fsp3) is 0.500. The van der Waals surface area contributed by atoms with Gasteiger partial charge in [0.05, 0.1) is 6.54 Å². The van der Waals surface area contributed by atoms with Crippen LogP contribution in [0.3, 0.4) is 0 Å². The van der Waals surface area contributed by atoms with Crippen LogP contribution in [0.25, 0.3) is 0 Å². The topological polar surface area (TPSA) is 41.1 Å². The lowest BCUT2D eigenvalue weighted by molar-refractivity contribution is -0.115. The Morgan fingerprint density at radius 3 is 2.78 bits per heavy atom. The lowest BCUT2D eigenvalue weighted by Gasteiger charge is -2.08. The van der Waals surface area contributed by atoms with Crippen LogP contribution in [0.2, 0.25) is 0 Å². The Morgan fingerprint density at radius 1 is 1.33 bits per heavy atom. The van der Waals surface area contributed by atoms with Gasteiger partial charge in [-0.25, -0.2) is 0 Å². The van der Waals surface area contributed by atoms with Gasteiger partial charge in [0.1, 0.15) is 0 Å². The Balaban J connectivity index is 2.29. The molecule has 0 saturated heterocycles. The van der Waals surface area contributed by atoms with E-state index < -0.39 is 0 Å². The SMILES string of the molecule is CCCCCNCC(=O)Nc1ccc(Br)c(C)c1. The number of carbonyl (C=O) groups excluding carboxylic acids is 1. The third-order valence-corrected chi connectivity index (χ3v) is 3.57. The van der Waals surface area contributed by atoms with Crippen LogP contribution in [-0.2, 0) is 4.79 Å². The summed E-state index contributed by atoms with van der Waals surface area (Å²) in [7, 11) is 0. The summed E-state index contributed by atoms with van der Waals surface area (Å²) in [5.41, 5.74) is 1.96. The predicted molar refractivity (Wildman–Crippen MR) is 79.9 cm³/mol.